The number of nitrogens with one attached hydrogen (secondary N) is 2. The van der Waals surface area contributed by atoms with Gasteiger partial charge in [0.25, 0.3) is 5.91 Å². The van der Waals surface area contributed by atoms with Crippen LogP contribution in [0.1, 0.15) is 16.7 Å². The number of rotatable bonds is 4. The molecule has 28 heavy (non-hydrogen) atoms. The van der Waals surface area contributed by atoms with Crippen molar-refractivity contribution in [3.8, 4) is 0 Å². The number of carbonyl (C=O) groups excluding carboxylic acids is 2. The molecule has 2 aromatic carbocycles. The van der Waals surface area contributed by atoms with Gasteiger partial charge in [-0.25, -0.2) is 4.79 Å². The monoisotopic (exact) mass is 393 g/mol. The van der Waals surface area contributed by atoms with E-state index in [2.05, 4.69) is 5.32 Å². The van der Waals surface area contributed by atoms with Crippen molar-refractivity contribution in [1.82, 2.24) is 0 Å². The second-order valence-corrected chi connectivity index (χ2v) is 6.65. The van der Waals surface area contributed by atoms with Gasteiger partial charge in [0.2, 0.25) is 0 Å². The van der Waals surface area contributed by atoms with Crippen LogP contribution in [0.5, 0.6) is 0 Å². The minimum atomic E-state index is -4.57. The highest BCUT2D eigenvalue weighted by Crippen LogP contribution is 2.34. The Bertz CT molecular complexity index is 883. The van der Waals surface area contributed by atoms with Crippen molar-refractivity contribution in [1.29, 1.82) is 0 Å². The van der Waals surface area contributed by atoms with E-state index in [9.17, 15) is 22.8 Å². The molecule has 0 radical (unpaired) electrons. The van der Waals surface area contributed by atoms with Gasteiger partial charge < -0.3 is 15.0 Å². The Labute approximate surface area is 160 Å². The third-order valence-electron chi connectivity index (χ3n) is 4.83. The van der Waals surface area contributed by atoms with Crippen LogP contribution in [0.15, 0.2) is 48.5 Å². The summed E-state index contributed by atoms with van der Waals surface area (Å²) in [6, 6.07) is 11.8. The average molecular weight is 393 g/mol. The van der Waals surface area contributed by atoms with Crippen LogP contribution in [0.4, 0.5) is 18.9 Å². The predicted octanol–water partition coefficient (Wildman–Crippen LogP) is 1.83. The van der Waals surface area contributed by atoms with Gasteiger partial charge in [-0.1, -0.05) is 36.4 Å². The molecule has 1 aliphatic rings. The molecule has 0 bridgehead atoms. The number of esters is 1. The van der Waals surface area contributed by atoms with Gasteiger partial charge in [-0.15, -0.1) is 0 Å². The summed E-state index contributed by atoms with van der Waals surface area (Å²) < 4.78 is 44.2. The Balaban J connectivity index is 1.78. The minimum absolute atomic E-state index is 0.152. The molecule has 148 valence electrons. The Kier molecular flexibility index (Phi) is 5.69. The molecule has 3 rings (SSSR count). The van der Waals surface area contributed by atoms with E-state index in [0.717, 1.165) is 17.2 Å². The molecule has 1 unspecified atom stereocenters. The van der Waals surface area contributed by atoms with Crippen molar-refractivity contribution in [2.24, 2.45) is 0 Å². The van der Waals surface area contributed by atoms with Crippen molar-refractivity contribution in [2.75, 3.05) is 19.0 Å². The van der Waals surface area contributed by atoms with Crippen LogP contribution in [-0.2, 0) is 33.5 Å². The number of alkyl halides is 3. The maximum absolute atomic E-state index is 13.1. The number of amides is 1. The largest absolute Gasteiger partial charge is 0.465 e. The standard InChI is InChI=1S/C20H19F3N2O3/c1-28-19(27)17-10-13-6-2-3-7-14(13)11-25(17)12-18(26)24-16-9-5-4-8-15(16)20(21,22)23/h2-9,17H,10-12H2,1H3,(H,24,26)/p+1/t17-/m1/s1. The van der Waals surface area contributed by atoms with Crippen molar-refractivity contribution in [3.63, 3.8) is 0 Å². The highest BCUT2D eigenvalue weighted by Gasteiger charge is 2.38. The Morgan fingerprint density at radius 2 is 1.75 bits per heavy atom. The number of anilines is 1. The van der Waals surface area contributed by atoms with Crippen LogP contribution in [0.25, 0.3) is 0 Å². The van der Waals surface area contributed by atoms with E-state index < -0.39 is 29.7 Å². The van der Waals surface area contributed by atoms with Crippen molar-refractivity contribution >= 4 is 17.6 Å². The zero-order valence-corrected chi connectivity index (χ0v) is 15.2. The quantitative estimate of drug-likeness (QED) is 0.780. The van der Waals surface area contributed by atoms with Gasteiger partial charge in [0, 0.05) is 12.0 Å². The summed E-state index contributed by atoms with van der Waals surface area (Å²) in [4.78, 5) is 25.3. The minimum Gasteiger partial charge on any atom is -0.465 e. The Hall–Kier alpha value is -2.87. The molecule has 5 nitrogen and oxygen atoms in total. The van der Waals surface area contributed by atoms with Gasteiger partial charge in [-0.05, 0) is 17.7 Å². The molecule has 0 saturated carbocycles. The molecule has 0 fully saturated rings. The number of carbonyl (C=O) groups is 2. The van der Waals surface area contributed by atoms with Crippen LogP contribution >= 0.6 is 0 Å². The highest BCUT2D eigenvalue weighted by molar-refractivity contribution is 5.92. The molecule has 0 aromatic heterocycles. The fraction of sp³-hybridized carbons (Fsp3) is 0.300. The molecule has 1 aliphatic heterocycles. The number of hydrogen-bond donors (Lipinski definition) is 2. The number of methoxy groups -OCH3 is 1. The van der Waals surface area contributed by atoms with Gasteiger partial charge in [0.1, 0.15) is 6.54 Å². The maximum atomic E-state index is 13.1. The third kappa shape index (κ3) is 4.33. The molecule has 0 spiro atoms. The van der Waals surface area contributed by atoms with Crippen molar-refractivity contribution in [2.45, 2.75) is 25.2 Å². The number of fused-ring (bicyclic) bond motifs is 1. The summed E-state index contributed by atoms with van der Waals surface area (Å²) in [7, 11) is 1.28. The summed E-state index contributed by atoms with van der Waals surface area (Å²) in [5.41, 5.74) is 0.795. The van der Waals surface area contributed by atoms with Gasteiger partial charge in [-0.2, -0.15) is 13.2 Å². The first-order valence-electron chi connectivity index (χ1n) is 8.75. The zero-order chi connectivity index (χ0) is 20.3. The SMILES string of the molecule is COC(=O)[C@H]1Cc2ccccc2C[NH+]1CC(=O)Nc1ccccc1C(F)(F)F. The number of para-hydroxylation sites is 1. The Morgan fingerprint density at radius 1 is 1.11 bits per heavy atom. The van der Waals surface area contributed by atoms with E-state index in [1.807, 2.05) is 24.3 Å². The van der Waals surface area contributed by atoms with Crippen molar-refractivity contribution in [3.05, 3.63) is 65.2 Å². The number of benzene rings is 2. The molecule has 0 aliphatic carbocycles. The first-order valence-corrected chi connectivity index (χ1v) is 8.75. The third-order valence-corrected chi connectivity index (χ3v) is 4.83. The zero-order valence-electron chi connectivity index (χ0n) is 15.2. The fourth-order valence-electron chi connectivity index (χ4n) is 3.48. The van der Waals surface area contributed by atoms with E-state index in [0.29, 0.717) is 17.9 Å². The average Bonchev–Trinajstić information content (AvgIpc) is 2.66. The normalized spacial score (nSPS) is 18.9. The lowest BCUT2D eigenvalue weighted by molar-refractivity contribution is -0.924. The molecule has 8 heteroatoms. The fourth-order valence-corrected chi connectivity index (χ4v) is 3.48. The lowest BCUT2D eigenvalue weighted by atomic mass is 9.94. The summed E-state index contributed by atoms with van der Waals surface area (Å²) in [5, 5.41) is 2.33. The van der Waals surface area contributed by atoms with Gasteiger partial charge in [-0.3, -0.25) is 4.79 Å². The second-order valence-electron chi connectivity index (χ2n) is 6.65. The van der Waals surface area contributed by atoms with Gasteiger partial charge in [0.15, 0.2) is 12.6 Å². The number of hydrogen-bond acceptors (Lipinski definition) is 3. The number of halogens is 3. The molecule has 2 aromatic rings. The lowest BCUT2D eigenvalue weighted by Gasteiger charge is -2.31. The topological polar surface area (TPSA) is 59.8 Å². The lowest BCUT2D eigenvalue weighted by Crippen LogP contribution is -3.17. The summed E-state index contributed by atoms with van der Waals surface area (Å²) in [6.07, 6.45) is -4.17. The molecular formula is C20H20F3N2O3+. The predicted molar refractivity (Wildman–Crippen MR) is 95.6 cm³/mol. The van der Waals surface area contributed by atoms with Crippen LogP contribution in [0.2, 0.25) is 0 Å². The van der Waals surface area contributed by atoms with Gasteiger partial charge >= 0.3 is 12.1 Å². The van der Waals surface area contributed by atoms with Crippen LogP contribution in [0.3, 0.4) is 0 Å². The summed E-state index contributed by atoms with van der Waals surface area (Å²) in [6.45, 7) is 0.255. The smallest absolute Gasteiger partial charge is 0.418 e. The van der Waals surface area contributed by atoms with E-state index in [1.54, 1.807) is 0 Å². The van der Waals surface area contributed by atoms with E-state index >= 15 is 0 Å². The number of quaternary nitrogens is 1. The second kappa shape index (κ2) is 8.02. The summed E-state index contributed by atoms with van der Waals surface area (Å²) in [5.74, 6) is -1.05. The van der Waals surface area contributed by atoms with Crippen LogP contribution in [0, 0.1) is 0 Å². The molecule has 2 atom stereocenters. The number of ether oxygens (including phenoxy) is 1. The van der Waals surface area contributed by atoms with E-state index in [1.165, 1.54) is 25.3 Å². The highest BCUT2D eigenvalue weighted by atomic mass is 19.4. The first-order chi connectivity index (χ1) is 13.3. The summed E-state index contributed by atoms with van der Waals surface area (Å²) >= 11 is 0. The first kappa shape index (κ1) is 19.9. The van der Waals surface area contributed by atoms with E-state index in [-0.39, 0.29) is 12.2 Å². The molecule has 0 saturated heterocycles. The van der Waals surface area contributed by atoms with Gasteiger partial charge in [0.05, 0.1) is 18.4 Å². The maximum Gasteiger partial charge on any atom is 0.418 e. The molecule has 1 heterocycles. The van der Waals surface area contributed by atoms with Crippen LogP contribution < -0.4 is 10.2 Å². The molecular weight excluding hydrogens is 373 g/mol. The van der Waals surface area contributed by atoms with Crippen LogP contribution in [-0.4, -0.2) is 31.6 Å². The molecule has 1 amide bonds. The molecule has 2 N–H and O–H groups in total. The Morgan fingerprint density at radius 3 is 2.43 bits per heavy atom. The van der Waals surface area contributed by atoms with Crippen molar-refractivity contribution < 1.29 is 32.4 Å². The van der Waals surface area contributed by atoms with E-state index in [4.69, 9.17) is 4.74 Å².